The van der Waals surface area contributed by atoms with Crippen LogP contribution >= 0.6 is 0 Å². The highest BCUT2D eigenvalue weighted by Gasteiger charge is 2.79. The van der Waals surface area contributed by atoms with Gasteiger partial charge in [-0.15, -0.1) is 13.2 Å². The molecule has 2 bridgehead atoms. The van der Waals surface area contributed by atoms with Crippen LogP contribution in [-0.4, -0.2) is 78.4 Å². The molecule has 9 heteroatoms. The Kier molecular flexibility index (Phi) is 9.36. The van der Waals surface area contributed by atoms with E-state index in [-0.39, 0.29) is 38.1 Å². The number of esters is 1. The topological polar surface area (TPSA) is 106 Å². The van der Waals surface area contributed by atoms with E-state index in [1.165, 1.54) is 0 Å². The zero-order chi connectivity index (χ0) is 28.9. The first kappa shape index (κ1) is 29.8. The van der Waals surface area contributed by atoms with E-state index in [1.54, 1.807) is 53.3 Å². The minimum atomic E-state index is -1.14. The zero-order valence-electron chi connectivity index (χ0n) is 23.7. The van der Waals surface area contributed by atoms with Crippen LogP contribution in [0.5, 0.6) is 5.75 Å². The van der Waals surface area contributed by atoms with Crippen molar-refractivity contribution in [2.45, 2.75) is 69.1 Å². The summed E-state index contributed by atoms with van der Waals surface area (Å²) in [5.41, 5.74) is -1.35. The van der Waals surface area contributed by atoms with Gasteiger partial charge in [-0.2, -0.15) is 0 Å². The molecular formula is C31H42N2O7. The van der Waals surface area contributed by atoms with Crippen LogP contribution in [-0.2, 0) is 23.9 Å². The number of likely N-dealkylation sites (tertiary alicyclic amines) is 1. The van der Waals surface area contributed by atoms with Gasteiger partial charge < -0.3 is 29.1 Å². The number of aliphatic hydroxyl groups excluding tert-OH is 1. The fourth-order valence-corrected chi connectivity index (χ4v) is 6.84. The lowest BCUT2D eigenvalue weighted by Crippen LogP contribution is -2.56. The van der Waals surface area contributed by atoms with Crippen molar-refractivity contribution in [3.63, 3.8) is 0 Å². The van der Waals surface area contributed by atoms with E-state index in [0.29, 0.717) is 50.0 Å². The first-order valence-electron chi connectivity index (χ1n) is 14.3. The molecule has 0 aromatic heterocycles. The first-order valence-corrected chi connectivity index (χ1v) is 14.3. The Morgan fingerprint density at radius 3 is 2.55 bits per heavy atom. The van der Waals surface area contributed by atoms with Gasteiger partial charge in [0.15, 0.2) is 0 Å². The minimum absolute atomic E-state index is 0.0151. The second kappa shape index (κ2) is 12.6. The summed E-state index contributed by atoms with van der Waals surface area (Å²) in [6, 6.07) is 6.23. The van der Waals surface area contributed by atoms with E-state index >= 15 is 0 Å². The second-order valence-corrected chi connectivity index (χ2v) is 10.8. The number of benzene rings is 1. The molecule has 1 aromatic rings. The third-order valence-corrected chi connectivity index (χ3v) is 8.73. The number of hydrogen-bond acceptors (Lipinski definition) is 7. The van der Waals surface area contributed by atoms with Crippen molar-refractivity contribution in [3.05, 3.63) is 49.6 Å². The van der Waals surface area contributed by atoms with Crippen molar-refractivity contribution in [1.29, 1.82) is 0 Å². The van der Waals surface area contributed by atoms with Gasteiger partial charge in [-0.1, -0.05) is 19.1 Å². The Bertz CT molecular complexity index is 1110. The molecule has 1 N–H and O–H groups in total. The van der Waals surface area contributed by atoms with Crippen LogP contribution in [0.3, 0.4) is 0 Å². The number of hydrogen-bond donors (Lipinski definition) is 1. The quantitative estimate of drug-likeness (QED) is 0.200. The van der Waals surface area contributed by atoms with Crippen LogP contribution in [0.15, 0.2) is 49.6 Å². The van der Waals surface area contributed by atoms with Crippen molar-refractivity contribution in [1.82, 2.24) is 4.90 Å². The molecule has 5 atom stereocenters. The van der Waals surface area contributed by atoms with Crippen molar-refractivity contribution in [2.24, 2.45) is 11.8 Å². The largest absolute Gasteiger partial charge is 0.497 e. The minimum Gasteiger partial charge on any atom is -0.497 e. The Labute approximate surface area is 236 Å². The number of nitrogens with zero attached hydrogens (tertiary/aromatic N) is 2. The molecule has 3 heterocycles. The van der Waals surface area contributed by atoms with Gasteiger partial charge in [0.05, 0.1) is 25.2 Å². The van der Waals surface area contributed by atoms with Crippen LogP contribution < -0.4 is 9.64 Å². The number of amides is 2. The fourth-order valence-electron chi connectivity index (χ4n) is 6.84. The maximum Gasteiger partial charge on any atom is 0.312 e. The van der Waals surface area contributed by atoms with Crippen LogP contribution in [0, 0.1) is 11.8 Å². The molecule has 3 fully saturated rings. The SMILES string of the molecule is C=CCCCOC(=O)[C@@H]1[C@H]2C(=O)N(CCCCO)C(C(=O)N(CC=C)c3ccc(OC)cc3)C23CC[C@@]1(CC)O3. The Morgan fingerprint density at radius 2 is 1.93 bits per heavy atom. The maximum absolute atomic E-state index is 14.5. The molecule has 40 heavy (non-hydrogen) atoms. The monoisotopic (exact) mass is 554 g/mol. The molecule has 0 radical (unpaired) electrons. The lowest BCUT2D eigenvalue weighted by molar-refractivity contribution is -0.161. The van der Waals surface area contributed by atoms with E-state index in [0.717, 1.165) is 6.42 Å². The van der Waals surface area contributed by atoms with Gasteiger partial charge in [0.1, 0.15) is 23.3 Å². The fraction of sp³-hybridized carbons (Fsp3) is 0.581. The van der Waals surface area contributed by atoms with Crippen molar-refractivity contribution in [2.75, 3.05) is 38.3 Å². The summed E-state index contributed by atoms with van der Waals surface area (Å²) in [4.78, 5) is 45.5. The van der Waals surface area contributed by atoms with Crippen LogP contribution in [0.2, 0.25) is 0 Å². The first-order chi connectivity index (χ1) is 19.3. The number of aliphatic hydroxyl groups is 1. The summed E-state index contributed by atoms with van der Waals surface area (Å²) in [6.07, 6.45) is 7.40. The molecule has 0 saturated carbocycles. The van der Waals surface area contributed by atoms with E-state index in [4.69, 9.17) is 14.2 Å². The molecule has 1 spiro atoms. The number of carbonyl (C=O) groups is 3. The summed E-state index contributed by atoms with van der Waals surface area (Å²) in [7, 11) is 1.58. The molecular weight excluding hydrogens is 512 g/mol. The van der Waals surface area contributed by atoms with Crippen molar-refractivity contribution in [3.8, 4) is 5.75 Å². The zero-order valence-corrected chi connectivity index (χ0v) is 23.7. The number of anilines is 1. The normalized spacial score (nSPS) is 28.3. The van der Waals surface area contributed by atoms with Gasteiger partial charge in [-0.25, -0.2) is 0 Å². The number of rotatable bonds is 15. The lowest BCUT2D eigenvalue weighted by Gasteiger charge is -2.37. The van der Waals surface area contributed by atoms with Gasteiger partial charge in [0, 0.05) is 25.4 Å². The molecule has 3 saturated heterocycles. The summed E-state index contributed by atoms with van der Waals surface area (Å²) in [5, 5.41) is 9.40. The Balaban J connectivity index is 1.73. The molecule has 1 aromatic carbocycles. The number of allylic oxidation sites excluding steroid dienone is 1. The molecule has 2 amide bonds. The van der Waals surface area contributed by atoms with Crippen LogP contribution in [0.25, 0.3) is 0 Å². The van der Waals surface area contributed by atoms with Crippen LogP contribution in [0.1, 0.15) is 51.9 Å². The van der Waals surface area contributed by atoms with Gasteiger partial charge >= 0.3 is 5.97 Å². The predicted octanol–water partition coefficient (Wildman–Crippen LogP) is 3.65. The van der Waals surface area contributed by atoms with E-state index in [9.17, 15) is 19.5 Å². The highest BCUT2D eigenvalue weighted by atomic mass is 16.6. The molecule has 2 unspecified atom stereocenters. The van der Waals surface area contributed by atoms with E-state index in [2.05, 4.69) is 13.2 Å². The average molecular weight is 555 g/mol. The summed E-state index contributed by atoms with van der Waals surface area (Å²) in [6.45, 7) is 10.3. The number of fused-ring (bicyclic) bond motifs is 1. The van der Waals surface area contributed by atoms with Gasteiger partial charge in [-0.3, -0.25) is 14.4 Å². The average Bonchev–Trinajstić information content (AvgIpc) is 3.57. The highest BCUT2D eigenvalue weighted by molar-refractivity contribution is 6.04. The standard InChI is InChI=1S/C31H42N2O7/c1-5-8-11-21-39-29(37)25-24-27(35)33(19-9-10-20-34)26(31(24)17-16-30(25,7-3)40-31)28(36)32(18-6-2)22-12-14-23(38-4)15-13-22/h5-6,12-15,24-26,34H,1-2,7-11,16-21H2,3-4H3/t24-,25-,26?,30+,31?/m0/s1. The third-order valence-electron chi connectivity index (χ3n) is 8.73. The summed E-state index contributed by atoms with van der Waals surface area (Å²) < 4.78 is 17.8. The highest BCUT2D eigenvalue weighted by Crippen LogP contribution is 2.64. The van der Waals surface area contributed by atoms with Gasteiger partial charge in [-0.05, 0) is 69.2 Å². The molecule has 3 aliphatic rings. The Hall–Kier alpha value is -3.17. The smallest absolute Gasteiger partial charge is 0.312 e. The van der Waals surface area contributed by atoms with Crippen LogP contribution in [0.4, 0.5) is 5.69 Å². The molecule has 0 aliphatic carbocycles. The molecule has 4 rings (SSSR count). The summed E-state index contributed by atoms with van der Waals surface area (Å²) in [5.74, 6) is -1.91. The third kappa shape index (κ3) is 5.05. The van der Waals surface area contributed by atoms with Gasteiger partial charge in [0.25, 0.3) is 5.91 Å². The Morgan fingerprint density at radius 1 is 1.18 bits per heavy atom. The molecule has 3 aliphatic heterocycles. The lowest BCUT2D eigenvalue weighted by atomic mass is 9.65. The molecule has 9 nitrogen and oxygen atoms in total. The number of ether oxygens (including phenoxy) is 3. The summed E-state index contributed by atoms with van der Waals surface area (Å²) >= 11 is 0. The predicted molar refractivity (Wildman–Crippen MR) is 151 cm³/mol. The van der Waals surface area contributed by atoms with E-state index in [1.807, 2.05) is 6.92 Å². The van der Waals surface area contributed by atoms with Gasteiger partial charge in [0.2, 0.25) is 5.91 Å². The number of methoxy groups -OCH3 is 1. The van der Waals surface area contributed by atoms with E-state index < -0.39 is 35.0 Å². The maximum atomic E-state index is 14.5. The second-order valence-electron chi connectivity index (χ2n) is 10.8. The van der Waals surface area contributed by atoms with Crippen molar-refractivity contribution >= 4 is 23.5 Å². The molecule has 218 valence electrons. The number of carbonyl (C=O) groups excluding carboxylic acids is 3. The van der Waals surface area contributed by atoms with Crippen molar-refractivity contribution < 1.29 is 33.7 Å². The number of unbranched alkanes of at least 4 members (excludes halogenated alkanes) is 2.